The minimum atomic E-state index is -3.47. The van der Waals surface area contributed by atoms with Gasteiger partial charge in [0, 0.05) is 54.6 Å². The Morgan fingerprint density at radius 2 is 1.12 bits per heavy atom. The predicted molar refractivity (Wildman–Crippen MR) is 309 cm³/mol. The molecule has 2 aromatic heterocycles. The number of para-hydroxylation sites is 2. The molecule has 0 bridgehead atoms. The first-order valence-electron chi connectivity index (χ1n) is 25.6. The number of rotatable bonds is 7. The third-order valence-corrected chi connectivity index (χ3v) is 19.2. The van der Waals surface area contributed by atoms with Gasteiger partial charge >= 0.3 is 0 Å². The van der Waals surface area contributed by atoms with Gasteiger partial charge in [0.05, 0.1) is 22.1 Å². The number of aromatic nitrogens is 4. The van der Waals surface area contributed by atoms with Crippen LogP contribution in [0.4, 0.5) is 11.4 Å². The fourth-order valence-corrected chi connectivity index (χ4v) is 16.0. The second kappa shape index (κ2) is 16.8. The van der Waals surface area contributed by atoms with Gasteiger partial charge in [-0.3, -0.25) is 4.57 Å². The topological polar surface area (TPSA) is 63.9 Å². The van der Waals surface area contributed by atoms with Gasteiger partial charge in [-0.2, -0.15) is 9.97 Å². The van der Waals surface area contributed by atoms with Crippen LogP contribution in [0.5, 0.6) is 0 Å². The van der Waals surface area contributed by atoms with Crippen LogP contribution in [-0.2, 0) is 15.4 Å². The molecule has 0 saturated heterocycles. The predicted octanol–water partition coefficient (Wildman–Crippen LogP) is 15.1. The third-order valence-electron chi connectivity index (χ3n) is 16.0. The van der Waals surface area contributed by atoms with Crippen molar-refractivity contribution in [3.8, 4) is 39.9 Å². The lowest BCUT2D eigenvalue weighted by Gasteiger charge is -2.43. The molecule has 4 heterocycles. The number of nitrogens with zero attached hydrogens (tertiary/aromatic N) is 5. The van der Waals surface area contributed by atoms with Gasteiger partial charge in [0.2, 0.25) is 5.95 Å². The van der Waals surface area contributed by atoms with E-state index < -0.39 is 18.0 Å². The van der Waals surface area contributed by atoms with Crippen LogP contribution in [0, 0.1) is 0 Å². The molecule has 0 saturated carbocycles. The van der Waals surface area contributed by atoms with Crippen LogP contribution in [0.2, 0.25) is 0 Å². The van der Waals surface area contributed by atoms with Gasteiger partial charge in [0.15, 0.2) is 18.8 Å². The molecule has 11 aromatic rings. The highest BCUT2D eigenvalue weighted by atomic mass is 31.2. The Balaban J connectivity index is 1.10. The molecule has 1 spiro atoms. The van der Waals surface area contributed by atoms with E-state index in [4.69, 9.17) is 15.0 Å². The van der Waals surface area contributed by atoms with Gasteiger partial charge < -0.3 is 9.46 Å². The van der Waals surface area contributed by atoms with Crippen LogP contribution in [0.1, 0.15) is 48.6 Å². The molecule has 1 aliphatic carbocycles. The van der Waals surface area contributed by atoms with Crippen LogP contribution in [-0.4, -0.2) is 19.5 Å². The molecular formula is C68H50N5OP. The zero-order valence-electron chi connectivity index (χ0n) is 41.8. The van der Waals surface area contributed by atoms with Crippen LogP contribution >= 0.6 is 7.14 Å². The fraction of sp³-hybridized carbons (Fsp3) is 0.0735. The summed E-state index contributed by atoms with van der Waals surface area (Å²) < 4.78 is 19.0. The summed E-state index contributed by atoms with van der Waals surface area (Å²) in [6.45, 7) is 11.0. The molecule has 7 heteroatoms. The Hall–Kier alpha value is -8.96. The maximum Gasteiger partial charge on any atom is 0.238 e. The number of benzene rings is 9. The Labute approximate surface area is 436 Å². The van der Waals surface area contributed by atoms with Crippen molar-refractivity contribution in [3.63, 3.8) is 0 Å². The van der Waals surface area contributed by atoms with E-state index in [0.717, 1.165) is 99.3 Å². The smallest absolute Gasteiger partial charge is 0.238 e. The number of hydrogen-bond donors (Lipinski definition) is 0. The van der Waals surface area contributed by atoms with Crippen molar-refractivity contribution in [2.24, 2.45) is 0 Å². The first-order valence-corrected chi connectivity index (χ1v) is 27.3. The number of anilines is 2. The zero-order valence-corrected chi connectivity index (χ0v) is 42.7. The third kappa shape index (κ3) is 6.21. The average Bonchev–Trinajstić information content (AvgIpc) is 3.97. The molecule has 14 rings (SSSR count). The summed E-state index contributed by atoms with van der Waals surface area (Å²) in [6.07, 6.45) is 6.33. The highest BCUT2D eigenvalue weighted by molar-refractivity contribution is 7.85. The van der Waals surface area contributed by atoms with Gasteiger partial charge in [0.1, 0.15) is 0 Å². The lowest BCUT2D eigenvalue weighted by atomic mass is 9.67. The van der Waals surface area contributed by atoms with Gasteiger partial charge in [0.25, 0.3) is 0 Å². The standard InChI is InChI=1S/C68H50N5OP/c1-5-24-59-52(6-2)67(3,4)56-41-40-51-50-33-18-22-37-58(50)73(62(51)63(56)72(59)46-27-12-8-13-28-46)66-70-64(44-25-10-7-11-26-44)69-65(71-66)45-39-42-61-57(43-45)68(53-34-19-16-31-48(53)49-32-17-20-35-54(49)68)55-36-21-23-38-60(55)75(61,74)47-29-14-9-15-30-47/h5-43H,2H2,1,3-4H3/b24-5-. The molecule has 0 radical (unpaired) electrons. The van der Waals surface area contributed by atoms with Gasteiger partial charge in [-0.15, -0.1) is 0 Å². The SMILES string of the molecule is C=CC1=C(/C=C\C)N(c2ccccc2)c2c(ccc3c4ccccc4n(-c4nc(-c5ccccc5)nc(-c5ccc6c(c5)C5(c7ccccc7-c7ccccc75)c5ccccc5P6(=O)c5ccccc5)n4)c23)C1(C)C. The van der Waals surface area contributed by atoms with Crippen molar-refractivity contribution in [3.05, 3.63) is 282 Å². The van der Waals surface area contributed by atoms with Crippen molar-refractivity contribution in [1.82, 2.24) is 19.5 Å². The van der Waals surface area contributed by atoms with Crippen molar-refractivity contribution in [1.29, 1.82) is 0 Å². The molecule has 1 unspecified atom stereocenters. The van der Waals surface area contributed by atoms with Crippen molar-refractivity contribution in [2.45, 2.75) is 31.6 Å². The lowest BCUT2D eigenvalue weighted by Crippen LogP contribution is -2.45. The quantitative estimate of drug-likeness (QED) is 0.149. The Bertz CT molecular complexity index is 4240. The van der Waals surface area contributed by atoms with Gasteiger partial charge in [-0.25, -0.2) is 4.98 Å². The lowest BCUT2D eigenvalue weighted by molar-refractivity contribution is 0.590. The van der Waals surface area contributed by atoms with Crippen molar-refractivity contribution >= 4 is 56.2 Å². The van der Waals surface area contributed by atoms with E-state index in [1.807, 2.05) is 60.7 Å². The molecule has 75 heavy (non-hydrogen) atoms. The highest BCUT2D eigenvalue weighted by Crippen LogP contribution is 2.62. The first kappa shape index (κ1) is 44.7. The van der Waals surface area contributed by atoms with Crippen molar-refractivity contribution in [2.75, 3.05) is 4.90 Å². The second-order valence-electron chi connectivity index (χ2n) is 20.2. The molecule has 0 N–H and O–H groups in total. The Morgan fingerprint density at radius 3 is 1.81 bits per heavy atom. The summed E-state index contributed by atoms with van der Waals surface area (Å²) in [5, 5.41) is 4.62. The van der Waals surface area contributed by atoms with E-state index >= 15 is 4.57 Å². The first-order chi connectivity index (χ1) is 36.8. The molecule has 6 nitrogen and oxygen atoms in total. The largest absolute Gasteiger partial charge is 0.309 e. The Kier molecular flexibility index (Phi) is 10.0. The Morgan fingerprint density at radius 1 is 0.533 bits per heavy atom. The summed E-state index contributed by atoms with van der Waals surface area (Å²) >= 11 is 0. The molecular weight excluding hydrogens is 934 g/mol. The maximum atomic E-state index is 16.7. The van der Waals surface area contributed by atoms with Crippen LogP contribution in [0.15, 0.2) is 254 Å². The molecule has 358 valence electrons. The number of hydrogen-bond acceptors (Lipinski definition) is 5. The molecule has 0 amide bonds. The van der Waals surface area contributed by atoms with Gasteiger partial charge in [-0.05, 0) is 87.8 Å². The average molecular weight is 984 g/mol. The minimum Gasteiger partial charge on any atom is -0.309 e. The van der Waals surface area contributed by atoms with Gasteiger partial charge in [-0.1, -0.05) is 221 Å². The zero-order chi connectivity index (χ0) is 50.6. The van der Waals surface area contributed by atoms with E-state index in [2.05, 4.69) is 213 Å². The summed E-state index contributed by atoms with van der Waals surface area (Å²) in [6, 6.07) is 76.3. The summed E-state index contributed by atoms with van der Waals surface area (Å²) in [4.78, 5) is 18.9. The number of fused-ring (bicyclic) bond motifs is 14. The minimum absolute atomic E-state index is 0.430. The summed E-state index contributed by atoms with van der Waals surface area (Å²) in [5.41, 5.74) is 14.4. The molecule has 1 atom stereocenters. The number of allylic oxidation sites excluding steroid dienone is 4. The molecule has 0 fully saturated rings. The summed E-state index contributed by atoms with van der Waals surface area (Å²) in [5.74, 6) is 1.53. The van der Waals surface area contributed by atoms with E-state index in [-0.39, 0.29) is 0 Å². The van der Waals surface area contributed by atoms with E-state index in [1.165, 1.54) is 11.1 Å². The summed E-state index contributed by atoms with van der Waals surface area (Å²) in [7, 11) is -3.47. The van der Waals surface area contributed by atoms with E-state index in [9.17, 15) is 0 Å². The van der Waals surface area contributed by atoms with Crippen LogP contribution in [0.25, 0.3) is 61.7 Å². The normalized spacial score (nSPS) is 16.7. The second-order valence-corrected chi connectivity index (χ2v) is 22.9. The van der Waals surface area contributed by atoms with E-state index in [0.29, 0.717) is 17.6 Å². The monoisotopic (exact) mass is 983 g/mol. The van der Waals surface area contributed by atoms with Crippen LogP contribution < -0.4 is 20.8 Å². The van der Waals surface area contributed by atoms with Crippen molar-refractivity contribution < 1.29 is 4.57 Å². The molecule has 9 aromatic carbocycles. The van der Waals surface area contributed by atoms with Crippen LogP contribution in [0.3, 0.4) is 0 Å². The van der Waals surface area contributed by atoms with E-state index in [1.54, 1.807) is 0 Å². The highest BCUT2D eigenvalue weighted by Gasteiger charge is 2.55. The fourth-order valence-electron chi connectivity index (χ4n) is 12.8. The maximum absolute atomic E-state index is 16.7. The molecule has 3 aliphatic rings. The molecule has 2 aliphatic heterocycles.